The molecule has 7 heteroatoms. The molecule has 1 heterocycles. The van der Waals surface area contributed by atoms with E-state index in [1.165, 1.54) is 11.8 Å². The number of hydrogen-bond acceptors (Lipinski definition) is 5. The zero-order chi connectivity index (χ0) is 19.2. The number of hydrogen-bond donors (Lipinski definition) is 0. The fraction of sp³-hybridized carbons (Fsp3) is 0.150. The molecule has 1 aromatic heterocycles. The Kier molecular flexibility index (Phi) is 6.47. The van der Waals surface area contributed by atoms with Gasteiger partial charge in [0.2, 0.25) is 0 Å². The van der Waals surface area contributed by atoms with Crippen LogP contribution in [-0.2, 0) is 6.54 Å². The molecular formula is C20H18BrN3O2S. The highest BCUT2D eigenvalue weighted by atomic mass is 79.9. The molecule has 0 aliphatic rings. The lowest BCUT2D eigenvalue weighted by atomic mass is 10.2. The number of allylic oxidation sites excluding steroid dienone is 1. The molecule has 3 aromatic rings. The maximum Gasteiger partial charge on any atom is 0.192 e. The fourth-order valence-electron chi connectivity index (χ4n) is 2.51. The number of carbonyl (C=O) groups is 1. The number of methoxy groups -OCH3 is 1. The summed E-state index contributed by atoms with van der Waals surface area (Å²) in [5.74, 6) is 1.80. The maximum atomic E-state index is 12.4. The SMILES string of the molecule is C=CCn1c(SCC(=O)c2ccc(Br)cc2)nnc1-c1cccc(OC)c1. The van der Waals surface area contributed by atoms with Crippen molar-refractivity contribution in [3.05, 3.63) is 71.2 Å². The van der Waals surface area contributed by atoms with Gasteiger partial charge in [0.1, 0.15) is 5.75 Å². The number of ether oxygens (including phenoxy) is 1. The Balaban J connectivity index is 1.81. The van der Waals surface area contributed by atoms with Crippen LogP contribution in [0.15, 0.2) is 70.8 Å². The molecule has 0 aliphatic carbocycles. The molecule has 138 valence electrons. The largest absolute Gasteiger partial charge is 0.497 e. The lowest BCUT2D eigenvalue weighted by Gasteiger charge is -2.08. The smallest absolute Gasteiger partial charge is 0.192 e. The third-order valence-corrected chi connectivity index (χ3v) is 5.35. The van der Waals surface area contributed by atoms with Crippen LogP contribution in [-0.4, -0.2) is 33.4 Å². The van der Waals surface area contributed by atoms with E-state index in [1.807, 2.05) is 53.1 Å². The fourth-order valence-corrected chi connectivity index (χ4v) is 3.62. The third kappa shape index (κ3) is 4.67. The average molecular weight is 444 g/mol. The number of rotatable bonds is 8. The van der Waals surface area contributed by atoms with Gasteiger partial charge in [0, 0.05) is 22.1 Å². The van der Waals surface area contributed by atoms with Crippen LogP contribution in [0.2, 0.25) is 0 Å². The first-order valence-electron chi connectivity index (χ1n) is 8.22. The van der Waals surface area contributed by atoms with E-state index in [9.17, 15) is 4.79 Å². The molecule has 0 fully saturated rings. The van der Waals surface area contributed by atoms with Crippen molar-refractivity contribution in [1.82, 2.24) is 14.8 Å². The van der Waals surface area contributed by atoms with Crippen LogP contribution in [0, 0.1) is 0 Å². The number of halogens is 1. The van der Waals surface area contributed by atoms with E-state index in [0.717, 1.165) is 15.8 Å². The molecular weight excluding hydrogens is 426 g/mol. The molecule has 0 aliphatic heterocycles. The van der Waals surface area contributed by atoms with Crippen molar-refractivity contribution in [1.29, 1.82) is 0 Å². The maximum absolute atomic E-state index is 12.4. The Bertz CT molecular complexity index is 954. The summed E-state index contributed by atoms with van der Waals surface area (Å²) < 4.78 is 8.18. The zero-order valence-electron chi connectivity index (χ0n) is 14.8. The molecule has 0 spiro atoms. The van der Waals surface area contributed by atoms with Crippen LogP contribution in [0.5, 0.6) is 5.75 Å². The minimum absolute atomic E-state index is 0.0450. The van der Waals surface area contributed by atoms with Crippen molar-refractivity contribution in [2.75, 3.05) is 12.9 Å². The summed E-state index contributed by atoms with van der Waals surface area (Å²) in [6.07, 6.45) is 1.79. The standard InChI is InChI=1S/C20H18BrN3O2S/c1-3-11-24-19(15-5-4-6-17(12-15)26-2)22-23-20(24)27-13-18(25)14-7-9-16(21)10-8-14/h3-10,12H,1,11,13H2,2H3. The molecule has 0 amide bonds. The number of thioether (sulfide) groups is 1. The van der Waals surface area contributed by atoms with Crippen molar-refractivity contribution < 1.29 is 9.53 Å². The van der Waals surface area contributed by atoms with E-state index in [-0.39, 0.29) is 11.5 Å². The van der Waals surface area contributed by atoms with Gasteiger partial charge in [0.05, 0.1) is 12.9 Å². The summed E-state index contributed by atoms with van der Waals surface area (Å²) in [5, 5.41) is 9.27. The third-order valence-electron chi connectivity index (χ3n) is 3.86. The summed E-state index contributed by atoms with van der Waals surface area (Å²) in [6, 6.07) is 15.0. The van der Waals surface area contributed by atoms with E-state index in [2.05, 4.69) is 32.7 Å². The second-order valence-corrected chi connectivity index (χ2v) is 7.51. The number of Topliss-reactive ketones (excluding diaryl/α,β-unsaturated/α-hetero) is 1. The highest BCUT2D eigenvalue weighted by molar-refractivity contribution is 9.10. The summed E-state index contributed by atoms with van der Waals surface area (Å²) in [6.45, 7) is 4.36. The van der Waals surface area contributed by atoms with Gasteiger partial charge in [-0.25, -0.2) is 0 Å². The van der Waals surface area contributed by atoms with Crippen molar-refractivity contribution in [3.8, 4) is 17.1 Å². The average Bonchev–Trinajstić information content (AvgIpc) is 3.09. The number of carbonyl (C=O) groups excluding carboxylic acids is 1. The first kappa shape index (κ1) is 19.4. The summed E-state index contributed by atoms with van der Waals surface area (Å²) in [5.41, 5.74) is 1.57. The Hall–Kier alpha value is -2.38. The van der Waals surface area contributed by atoms with Gasteiger partial charge in [0.25, 0.3) is 0 Å². The highest BCUT2D eigenvalue weighted by Gasteiger charge is 2.16. The van der Waals surface area contributed by atoms with E-state index in [0.29, 0.717) is 23.1 Å². The molecule has 0 saturated heterocycles. The van der Waals surface area contributed by atoms with Gasteiger partial charge in [-0.3, -0.25) is 9.36 Å². The first-order chi connectivity index (χ1) is 13.1. The van der Waals surface area contributed by atoms with E-state index >= 15 is 0 Å². The molecule has 0 saturated carbocycles. The predicted octanol–water partition coefficient (Wildman–Crippen LogP) is 4.88. The van der Waals surface area contributed by atoms with E-state index < -0.39 is 0 Å². The predicted molar refractivity (Wildman–Crippen MR) is 111 cm³/mol. The molecule has 0 unspecified atom stereocenters. The lowest BCUT2D eigenvalue weighted by Crippen LogP contribution is -2.05. The summed E-state index contributed by atoms with van der Waals surface area (Å²) >= 11 is 4.74. The molecule has 0 radical (unpaired) electrons. The highest BCUT2D eigenvalue weighted by Crippen LogP contribution is 2.27. The van der Waals surface area contributed by atoms with Gasteiger partial charge in [-0.05, 0) is 24.3 Å². The van der Waals surface area contributed by atoms with Gasteiger partial charge in [-0.1, -0.05) is 58.0 Å². The molecule has 0 bridgehead atoms. The molecule has 27 heavy (non-hydrogen) atoms. The monoisotopic (exact) mass is 443 g/mol. The van der Waals surface area contributed by atoms with Gasteiger partial charge < -0.3 is 4.74 Å². The topological polar surface area (TPSA) is 57.0 Å². The number of benzene rings is 2. The quantitative estimate of drug-likeness (QED) is 0.282. The van der Waals surface area contributed by atoms with Crippen LogP contribution in [0.4, 0.5) is 0 Å². The molecule has 3 rings (SSSR count). The van der Waals surface area contributed by atoms with Crippen LogP contribution < -0.4 is 4.74 Å². The molecule has 0 N–H and O–H groups in total. The Labute approximate surface area is 170 Å². The molecule has 0 atom stereocenters. The zero-order valence-corrected chi connectivity index (χ0v) is 17.2. The number of nitrogens with zero attached hydrogens (tertiary/aromatic N) is 3. The molecule has 5 nitrogen and oxygen atoms in total. The van der Waals surface area contributed by atoms with Crippen LogP contribution in [0.1, 0.15) is 10.4 Å². The van der Waals surface area contributed by atoms with Crippen molar-refractivity contribution in [3.63, 3.8) is 0 Å². The van der Waals surface area contributed by atoms with Crippen LogP contribution in [0.25, 0.3) is 11.4 Å². The van der Waals surface area contributed by atoms with Crippen molar-refractivity contribution >= 4 is 33.5 Å². The first-order valence-corrected chi connectivity index (χ1v) is 10.0. The van der Waals surface area contributed by atoms with Crippen LogP contribution >= 0.6 is 27.7 Å². The second kappa shape index (κ2) is 9.01. The minimum Gasteiger partial charge on any atom is -0.497 e. The second-order valence-electron chi connectivity index (χ2n) is 5.66. The van der Waals surface area contributed by atoms with E-state index in [1.54, 1.807) is 13.2 Å². The van der Waals surface area contributed by atoms with Crippen molar-refractivity contribution in [2.45, 2.75) is 11.7 Å². The Morgan fingerprint density at radius 1 is 1.26 bits per heavy atom. The van der Waals surface area contributed by atoms with Gasteiger partial charge in [0.15, 0.2) is 16.8 Å². The lowest BCUT2D eigenvalue weighted by molar-refractivity contribution is 0.102. The minimum atomic E-state index is 0.0450. The summed E-state index contributed by atoms with van der Waals surface area (Å²) in [7, 11) is 1.63. The van der Waals surface area contributed by atoms with Gasteiger partial charge in [-0.15, -0.1) is 16.8 Å². The van der Waals surface area contributed by atoms with E-state index in [4.69, 9.17) is 4.74 Å². The molecule has 2 aromatic carbocycles. The Morgan fingerprint density at radius 3 is 2.74 bits per heavy atom. The van der Waals surface area contributed by atoms with Gasteiger partial charge in [-0.2, -0.15) is 0 Å². The Morgan fingerprint density at radius 2 is 2.04 bits per heavy atom. The van der Waals surface area contributed by atoms with Gasteiger partial charge >= 0.3 is 0 Å². The summed E-state index contributed by atoms with van der Waals surface area (Å²) in [4.78, 5) is 12.4. The number of aromatic nitrogens is 3. The van der Waals surface area contributed by atoms with Crippen LogP contribution in [0.3, 0.4) is 0 Å². The normalized spacial score (nSPS) is 10.6. The number of ketones is 1. The van der Waals surface area contributed by atoms with Crippen molar-refractivity contribution in [2.24, 2.45) is 0 Å².